The fourth-order valence-corrected chi connectivity index (χ4v) is 2.89. The standard InChI is InChI=1S/C14H15ClN4S/c1-2-3-4-13-16-17-14-19(13)18-12(9-20-14)10-5-7-11(15)8-6-10/h5-9,18H,2-4H2,1H3. The molecule has 2 aromatic rings. The van der Waals surface area contributed by atoms with Gasteiger partial charge in [0, 0.05) is 22.4 Å². The first-order valence-electron chi connectivity index (χ1n) is 6.62. The first-order valence-corrected chi connectivity index (χ1v) is 7.88. The number of nitrogens with zero attached hydrogens (tertiary/aromatic N) is 3. The molecule has 0 bridgehead atoms. The minimum absolute atomic E-state index is 0.742. The van der Waals surface area contributed by atoms with Gasteiger partial charge in [0.1, 0.15) is 0 Å². The van der Waals surface area contributed by atoms with E-state index in [0.29, 0.717) is 0 Å². The van der Waals surface area contributed by atoms with Gasteiger partial charge in [-0.1, -0.05) is 48.8 Å². The predicted molar refractivity (Wildman–Crippen MR) is 83.3 cm³/mol. The number of fused-ring (bicyclic) bond motifs is 1. The van der Waals surface area contributed by atoms with Gasteiger partial charge in [0.15, 0.2) is 5.82 Å². The molecule has 3 rings (SSSR count). The molecule has 2 heterocycles. The van der Waals surface area contributed by atoms with Gasteiger partial charge in [-0.15, -0.1) is 10.2 Å². The molecule has 104 valence electrons. The Kier molecular flexibility index (Phi) is 3.98. The maximum absolute atomic E-state index is 5.93. The second kappa shape index (κ2) is 5.89. The van der Waals surface area contributed by atoms with E-state index < -0.39 is 0 Å². The molecule has 0 spiro atoms. The van der Waals surface area contributed by atoms with E-state index in [0.717, 1.165) is 46.5 Å². The van der Waals surface area contributed by atoms with Crippen LogP contribution in [0.3, 0.4) is 0 Å². The number of hydrogen-bond acceptors (Lipinski definition) is 4. The van der Waals surface area contributed by atoms with Gasteiger partial charge in [0.05, 0.1) is 5.70 Å². The van der Waals surface area contributed by atoms with Gasteiger partial charge in [-0.2, -0.15) is 0 Å². The van der Waals surface area contributed by atoms with Crippen LogP contribution in [-0.4, -0.2) is 14.9 Å². The summed E-state index contributed by atoms with van der Waals surface area (Å²) < 4.78 is 1.98. The lowest BCUT2D eigenvalue weighted by Crippen LogP contribution is -2.19. The highest BCUT2D eigenvalue weighted by atomic mass is 35.5. The molecule has 1 aromatic carbocycles. The summed E-state index contributed by atoms with van der Waals surface area (Å²) in [5, 5.41) is 12.1. The fraction of sp³-hybridized carbons (Fsp3) is 0.286. The number of unbranched alkanes of at least 4 members (excludes halogenated alkanes) is 1. The zero-order valence-electron chi connectivity index (χ0n) is 11.1. The van der Waals surface area contributed by atoms with Gasteiger partial charge in [0.2, 0.25) is 5.16 Å². The molecule has 0 atom stereocenters. The Labute approximate surface area is 127 Å². The summed E-state index contributed by atoms with van der Waals surface area (Å²) in [7, 11) is 0. The number of aromatic nitrogens is 3. The highest BCUT2D eigenvalue weighted by Gasteiger charge is 2.17. The van der Waals surface area contributed by atoms with Crippen molar-refractivity contribution in [1.82, 2.24) is 14.9 Å². The monoisotopic (exact) mass is 306 g/mol. The van der Waals surface area contributed by atoms with E-state index in [1.165, 1.54) is 0 Å². The minimum atomic E-state index is 0.742. The highest BCUT2D eigenvalue weighted by Crippen LogP contribution is 2.29. The molecule has 1 aliphatic rings. The smallest absolute Gasteiger partial charge is 0.214 e. The van der Waals surface area contributed by atoms with Crippen molar-refractivity contribution in [2.45, 2.75) is 31.3 Å². The first kappa shape index (κ1) is 13.5. The molecule has 1 N–H and O–H groups in total. The zero-order chi connectivity index (χ0) is 13.9. The van der Waals surface area contributed by atoms with Crippen LogP contribution in [0, 0.1) is 0 Å². The lowest BCUT2D eigenvalue weighted by molar-refractivity contribution is 0.703. The number of halogens is 1. The average Bonchev–Trinajstić information content (AvgIpc) is 2.88. The van der Waals surface area contributed by atoms with E-state index in [1.54, 1.807) is 11.8 Å². The Bertz CT molecular complexity index is 633. The summed E-state index contributed by atoms with van der Waals surface area (Å²) in [4.78, 5) is 0. The number of aryl methyl sites for hydroxylation is 1. The number of hydrogen-bond donors (Lipinski definition) is 1. The Balaban J connectivity index is 1.83. The van der Waals surface area contributed by atoms with Crippen molar-refractivity contribution in [2.24, 2.45) is 0 Å². The van der Waals surface area contributed by atoms with Crippen molar-refractivity contribution >= 4 is 29.1 Å². The largest absolute Gasteiger partial charge is 0.290 e. The molecule has 0 radical (unpaired) electrons. The molecule has 4 nitrogen and oxygen atoms in total. The van der Waals surface area contributed by atoms with E-state index >= 15 is 0 Å². The maximum atomic E-state index is 5.93. The number of nitrogens with one attached hydrogen (secondary N) is 1. The second-order valence-electron chi connectivity index (χ2n) is 4.61. The topological polar surface area (TPSA) is 42.7 Å². The van der Waals surface area contributed by atoms with E-state index in [1.807, 2.05) is 28.9 Å². The van der Waals surface area contributed by atoms with Gasteiger partial charge >= 0.3 is 0 Å². The van der Waals surface area contributed by atoms with Crippen LogP contribution < -0.4 is 5.43 Å². The molecule has 20 heavy (non-hydrogen) atoms. The van der Waals surface area contributed by atoms with Crippen molar-refractivity contribution < 1.29 is 0 Å². The summed E-state index contributed by atoms with van der Waals surface area (Å²) in [5.74, 6) is 0.980. The van der Waals surface area contributed by atoms with Crippen LogP contribution in [0.25, 0.3) is 5.70 Å². The zero-order valence-corrected chi connectivity index (χ0v) is 12.7. The summed E-state index contributed by atoms with van der Waals surface area (Å²) in [6, 6.07) is 7.79. The molecule has 0 aliphatic carbocycles. The molecule has 1 aromatic heterocycles. The Hall–Kier alpha value is -1.46. The quantitative estimate of drug-likeness (QED) is 0.929. The summed E-state index contributed by atoms with van der Waals surface area (Å²) >= 11 is 7.51. The Morgan fingerprint density at radius 1 is 1.25 bits per heavy atom. The van der Waals surface area contributed by atoms with Gasteiger partial charge in [0.25, 0.3) is 0 Å². The van der Waals surface area contributed by atoms with E-state index in [9.17, 15) is 0 Å². The van der Waals surface area contributed by atoms with Crippen molar-refractivity contribution in [3.63, 3.8) is 0 Å². The van der Waals surface area contributed by atoms with Crippen LogP contribution in [0.1, 0.15) is 31.2 Å². The molecular weight excluding hydrogens is 292 g/mol. The number of rotatable bonds is 4. The summed E-state index contributed by atoms with van der Waals surface area (Å²) in [6.45, 7) is 2.18. The Morgan fingerprint density at radius 2 is 2.05 bits per heavy atom. The van der Waals surface area contributed by atoms with Crippen molar-refractivity contribution in [2.75, 3.05) is 5.43 Å². The number of benzene rings is 1. The van der Waals surface area contributed by atoms with Gasteiger partial charge < -0.3 is 0 Å². The maximum Gasteiger partial charge on any atom is 0.214 e. The second-order valence-corrected chi connectivity index (χ2v) is 5.88. The van der Waals surface area contributed by atoms with E-state index in [-0.39, 0.29) is 0 Å². The van der Waals surface area contributed by atoms with Gasteiger partial charge in [-0.05, 0) is 18.6 Å². The minimum Gasteiger partial charge on any atom is -0.290 e. The lowest BCUT2D eigenvalue weighted by Gasteiger charge is -2.19. The summed E-state index contributed by atoms with van der Waals surface area (Å²) in [5.41, 5.74) is 5.52. The van der Waals surface area contributed by atoms with Crippen molar-refractivity contribution in [1.29, 1.82) is 0 Å². The van der Waals surface area contributed by atoms with Crippen LogP contribution in [0.2, 0.25) is 5.02 Å². The molecule has 1 aliphatic heterocycles. The third-order valence-corrected chi connectivity index (χ3v) is 4.20. The summed E-state index contributed by atoms with van der Waals surface area (Å²) in [6.07, 6.45) is 3.20. The number of thioether (sulfide) groups is 1. The average molecular weight is 307 g/mol. The molecule has 0 saturated heterocycles. The lowest BCUT2D eigenvalue weighted by atomic mass is 10.2. The first-order chi connectivity index (χ1) is 9.78. The van der Waals surface area contributed by atoms with Crippen LogP contribution in [0.4, 0.5) is 0 Å². The van der Waals surface area contributed by atoms with Gasteiger partial charge in [-0.25, -0.2) is 4.68 Å². The van der Waals surface area contributed by atoms with E-state index in [4.69, 9.17) is 11.6 Å². The van der Waals surface area contributed by atoms with Crippen molar-refractivity contribution in [3.8, 4) is 0 Å². The predicted octanol–water partition coefficient (Wildman–Crippen LogP) is 3.92. The molecule has 0 fully saturated rings. The molecule has 0 unspecified atom stereocenters. The Morgan fingerprint density at radius 3 is 2.80 bits per heavy atom. The van der Waals surface area contributed by atoms with Crippen LogP contribution in [0.15, 0.2) is 34.8 Å². The third-order valence-electron chi connectivity index (χ3n) is 3.12. The van der Waals surface area contributed by atoms with Crippen LogP contribution >= 0.6 is 23.4 Å². The highest BCUT2D eigenvalue weighted by molar-refractivity contribution is 8.02. The SMILES string of the molecule is CCCCc1nnc2n1NC(c1ccc(Cl)cc1)=CS2. The fourth-order valence-electron chi connectivity index (χ4n) is 2.01. The van der Waals surface area contributed by atoms with Crippen molar-refractivity contribution in [3.05, 3.63) is 46.1 Å². The van der Waals surface area contributed by atoms with Gasteiger partial charge in [-0.3, -0.25) is 5.43 Å². The molecule has 6 heteroatoms. The molecule has 0 amide bonds. The molecular formula is C14H15ClN4S. The van der Waals surface area contributed by atoms with E-state index in [2.05, 4.69) is 28.0 Å². The molecule has 0 saturated carbocycles. The normalized spacial score (nSPS) is 13.6. The van der Waals surface area contributed by atoms with Crippen LogP contribution in [0.5, 0.6) is 0 Å². The third kappa shape index (κ3) is 2.69. The van der Waals surface area contributed by atoms with Crippen LogP contribution in [-0.2, 0) is 6.42 Å².